The predicted octanol–water partition coefficient (Wildman–Crippen LogP) is 3.37. The molecule has 6 heteroatoms. The zero-order valence-corrected chi connectivity index (χ0v) is 11.9. The van der Waals surface area contributed by atoms with Crippen LogP contribution in [0.2, 0.25) is 0 Å². The molecule has 0 atom stereocenters. The van der Waals surface area contributed by atoms with Gasteiger partial charge in [-0.2, -0.15) is 8.78 Å². The first-order chi connectivity index (χ1) is 10.1. The third kappa shape index (κ3) is 5.15. The molecule has 0 aliphatic rings. The minimum atomic E-state index is -2.46. The third-order valence-electron chi connectivity index (χ3n) is 2.73. The summed E-state index contributed by atoms with van der Waals surface area (Å²) in [4.78, 5) is 16.5. The Balaban J connectivity index is 1.83. The number of hydrogen-bond donors (Lipinski definition) is 1. The van der Waals surface area contributed by atoms with Crippen molar-refractivity contribution in [2.24, 2.45) is 0 Å². The molecule has 0 saturated heterocycles. The van der Waals surface area contributed by atoms with Gasteiger partial charge in [0.1, 0.15) is 0 Å². The van der Waals surface area contributed by atoms with Crippen molar-refractivity contribution < 1.29 is 13.6 Å². The summed E-state index contributed by atoms with van der Waals surface area (Å²) in [6.07, 6.45) is 2.35. The molecule has 1 amide bonds. The first kappa shape index (κ1) is 15.4. The van der Waals surface area contributed by atoms with E-state index in [1.807, 2.05) is 18.2 Å². The Morgan fingerprint density at radius 2 is 1.95 bits per heavy atom. The average Bonchev–Trinajstić information content (AvgIpc) is 2.48. The molecule has 0 bridgehead atoms. The Morgan fingerprint density at radius 3 is 2.57 bits per heavy atom. The van der Waals surface area contributed by atoms with E-state index in [4.69, 9.17) is 0 Å². The zero-order chi connectivity index (χ0) is 15.1. The highest BCUT2D eigenvalue weighted by molar-refractivity contribution is 7.99. The Kier molecular flexibility index (Phi) is 5.68. The SMILES string of the molecule is O=C(NCCc1ccccn1)c1ccc(SC(F)F)cc1. The second-order valence-corrected chi connectivity index (χ2v) is 5.29. The highest BCUT2D eigenvalue weighted by atomic mass is 32.2. The van der Waals surface area contributed by atoms with Gasteiger partial charge in [0.05, 0.1) is 0 Å². The molecule has 0 aliphatic heterocycles. The summed E-state index contributed by atoms with van der Waals surface area (Å²) in [5, 5.41) is 2.77. The molecule has 2 rings (SSSR count). The second-order valence-electron chi connectivity index (χ2n) is 4.23. The van der Waals surface area contributed by atoms with Gasteiger partial charge in [-0.1, -0.05) is 17.8 Å². The van der Waals surface area contributed by atoms with Gasteiger partial charge in [0.15, 0.2) is 0 Å². The van der Waals surface area contributed by atoms with Crippen LogP contribution in [0, 0.1) is 0 Å². The fraction of sp³-hybridized carbons (Fsp3) is 0.200. The van der Waals surface area contributed by atoms with E-state index in [1.54, 1.807) is 18.3 Å². The van der Waals surface area contributed by atoms with Gasteiger partial charge in [-0.15, -0.1) is 0 Å². The van der Waals surface area contributed by atoms with E-state index >= 15 is 0 Å². The van der Waals surface area contributed by atoms with Crippen LogP contribution in [-0.2, 0) is 6.42 Å². The number of alkyl halides is 2. The number of amides is 1. The van der Waals surface area contributed by atoms with Crippen LogP contribution in [0.3, 0.4) is 0 Å². The van der Waals surface area contributed by atoms with Gasteiger partial charge in [0.25, 0.3) is 11.7 Å². The molecule has 0 fully saturated rings. The van der Waals surface area contributed by atoms with Crippen molar-refractivity contribution in [3.05, 3.63) is 59.9 Å². The Bertz CT molecular complexity index is 576. The summed E-state index contributed by atoms with van der Waals surface area (Å²) in [6, 6.07) is 11.7. The van der Waals surface area contributed by atoms with Crippen LogP contribution < -0.4 is 5.32 Å². The Labute approximate surface area is 125 Å². The summed E-state index contributed by atoms with van der Waals surface area (Å²) < 4.78 is 24.4. The number of hydrogen-bond acceptors (Lipinski definition) is 3. The standard InChI is InChI=1S/C15H14F2N2OS/c16-15(17)21-13-6-4-11(5-7-13)14(20)19-10-8-12-3-1-2-9-18-12/h1-7,9,15H,8,10H2,(H,19,20). The van der Waals surface area contributed by atoms with E-state index in [0.29, 0.717) is 35.2 Å². The summed E-state index contributed by atoms with van der Waals surface area (Å²) in [6.45, 7) is 0.476. The van der Waals surface area contributed by atoms with Crippen LogP contribution in [0.1, 0.15) is 16.1 Å². The maximum absolute atomic E-state index is 12.2. The first-order valence-electron chi connectivity index (χ1n) is 6.38. The minimum Gasteiger partial charge on any atom is -0.352 e. The van der Waals surface area contributed by atoms with E-state index < -0.39 is 5.76 Å². The topological polar surface area (TPSA) is 42.0 Å². The largest absolute Gasteiger partial charge is 0.352 e. The molecule has 1 N–H and O–H groups in total. The minimum absolute atomic E-state index is 0.223. The number of aromatic nitrogens is 1. The van der Waals surface area contributed by atoms with Gasteiger partial charge in [0.2, 0.25) is 0 Å². The van der Waals surface area contributed by atoms with Crippen LogP contribution in [-0.4, -0.2) is 23.2 Å². The summed E-state index contributed by atoms with van der Waals surface area (Å²) in [7, 11) is 0. The first-order valence-corrected chi connectivity index (χ1v) is 7.26. The number of nitrogens with one attached hydrogen (secondary N) is 1. The molecule has 2 aromatic rings. The van der Waals surface area contributed by atoms with Crippen LogP contribution in [0.15, 0.2) is 53.6 Å². The lowest BCUT2D eigenvalue weighted by Gasteiger charge is -2.06. The molecule has 0 unspecified atom stereocenters. The lowest BCUT2D eigenvalue weighted by molar-refractivity contribution is 0.0954. The smallest absolute Gasteiger partial charge is 0.288 e. The highest BCUT2D eigenvalue weighted by Crippen LogP contribution is 2.25. The average molecular weight is 308 g/mol. The molecule has 0 radical (unpaired) electrons. The molecule has 1 aromatic carbocycles. The van der Waals surface area contributed by atoms with Crippen molar-refractivity contribution in [2.45, 2.75) is 17.1 Å². The number of pyridine rings is 1. The Hall–Kier alpha value is -1.95. The lowest BCUT2D eigenvalue weighted by Crippen LogP contribution is -2.25. The third-order valence-corrected chi connectivity index (χ3v) is 3.46. The number of halogens is 2. The molecule has 0 spiro atoms. The van der Waals surface area contributed by atoms with Crippen LogP contribution in [0.5, 0.6) is 0 Å². The predicted molar refractivity (Wildman–Crippen MR) is 78.6 cm³/mol. The van der Waals surface area contributed by atoms with E-state index in [0.717, 1.165) is 5.69 Å². The van der Waals surface area contributed by atoms with Crippen LogP contribution >= 0.6 is 11.8 Å². The molecule has 110 valence electrons. The van der Waals surface area contributed by atoms with Gasteiger partial charge >= 0.3 is 0 Å². The molecule has 3 nitrogen and oxygen atoms in total. The number of carbonyl (C=O) groups is 1. The quantitative estimate of drug-likeness (QED) is 0.832. The van der Waals surface area contributed by atoms with Crippen molar-refractivity contribution in [1.29, 1.82) is 0 Å². The van der Waals surface area contributed by atoms with Gasteiger partial charge in [-0.05, 0) is 36.4 Å². The van der Waals surface area contributed by atoms with E-state index in [-0.39, 0.29) is 5.91 Å². The van der Waals surface area contributed by atoms with Crippen molar-refractivity contribution in [3.63, 3.8) is 0 Å². The van der Waals surface area contributed by atoms with Crippen molar-refractivity contribution >= 4 is 17.7 Å². The van der Waals surface area contributed by atoms with E-state index in [2.05, 4.69) is 10.3 Å². The monoisotopic (exact) mass is 308 g/mol. The second kappa shape index (κ2) is 7.73. The van der Waals surface area contributed by atoms with Gasteiger partial charge in [-0.3, -0.25) is 9.78 Å². The number of benzene rings is 1. The summed E-state index contributed by atoms with van der Waals surface area (Å²) in [5.74, 6) is -2.68. The zero-order valence-electron chi connectivity index (χ0n) is 11.1. The molecular weight excluding hydrogens is 294 g/mol. The molecule has 1 heterocycles. The van der Waals surface area contributed by atoms with Crippen molar-refractivity contribution in [2.75, 3.05) is 6.54 Å². The highest BCUT2D eigenvalue weighted by Gasteiger charge is 2.08. The van der Waals surface area contributed by atoms with E-state index in [1.165, 1.54) is 12.1 Å². The number of rotatable bonds is 6. The number of carbonyl (C=O) groups excluding carboxylic acids is 1. The summed E-state index contributed by atoms with van der Waals surface area (Å²) >= 11 is 0.461. The van der Waals surface area contributed by atoms with Crippen molar-refractivity contribution in [1.82, 2.24) is 10.3 Å². The molecule has 0 saturated carbocycles. The molecule has 0 aliphatic carbocycles. The molecule has 1 aromatic heterocycles. The van der Waals surface area contributed by atoms with Gasteiger partial charge in [0, 0.05) is 35.3 Å². The van der Waals surface area contributed by atoms with Crippen LogP contribution in [0.25, 0.3) is 0 Å². The maximum Gasteiger partial charge on any atom is 0.288 e. The number of nitrogens with zero attached hydrogens (tertiary/aromatic N) is 1. The molecule has 21 heavy (non-hydrogen) atoms. The van der Waals surface area contributed by atoms with Crippen molar-refractivity contribution in [3.8, 4) is 0 Å². The van der Waals surface area contributed by atoms with Crippen LogP contribution in [0.4, 0.5) is 8.78 Å². The summed E-state index contributed by atoms with van der Waals surface area (Å²) in [5.41, 5.74) is 1.36. The fourth-order valence-electron chi connectivity index (χ4n) is 1.74. The Morgan fingerprint density at radius 1 is 1.19 bits per heavy atom. The number of thioether (sulfide) groups is 1. The lowest BCUT2D eigenvalue weighted by atomic mass is 10.2. The normalized spacial score (nSPS) is 10.6. The maximum atomic E-state index is 12.2. The molecular formula is C15H14F2N2OS. The fourth-order valence-corrected chi connectivity index (χ4v) is 2.24. The van der Waals surface area contributed by atoms with Gasteiger partial charge < -0.3 is 5.32 Å². The van der Waals surface area contributed by atoms with Gasteiger partial charge in [-0.25, -0.2) is 0 Å². The van der Waals surface area contributed by atoms with E-state index in [9.17, 15) is 13.6 Å².